The van der Waals surface area contributed by atoms with Crippen molar-refractivity contribution >= 4 is 5.91 Å². The van der Waals surface area contributed by atoms with Crippen LogP contribution in [0.5, 0.6) is 0 Å². The van der Waals surface area contributed by atoms with E-state index in [0.29, 0.717) is 30.8 Å². The van der Waals surface area contributed by atoms with Crippen molar-refractivity contribution in [3.8, 4) is 12.3 Å². The molecule has 0 aromatic heterocycles. The second kappa shape index (κ2) is 5.55. The van der Waals surface area contributed by atoms with Gasteiger partial charge in [-0.15, -0.1) is 12.3 Å². The Bertz CT molecular complexity index is 309. The highest BCUT2D eigenvalue weighted by Crippen LogP contribution is 2.32. The van der Waals surface area contributed by atoms with E-state index in [1.165, 1.54) is 12.8 Å². The summed E-state index contributed by atoms with van der Waals surface area (Å²) in [6.45, 7) is 1.96. The average molecular weight is 234 g/mol. The minimum atomic E-state index is 0.103. The summed E-state index contributed by atoms with van der Waals surface area (Å²) in [5, 5.41) is 6.57. The van der Waals surface area contributed by atoms with Gasteiger partial charge in [0.05, 0.1) is 0 Å². The second-order valence-electron chi connectivity index (χ2n) is 5.56. The Labute approximate surface area is 104 Å². The van der Waals surface area contributed by atoms with Gasteiger partial charge in [0.25, 0.3) is 0 Å². The van der Waals surface area contributed by atoms with Crippen LogP contribution in [0.3, 0.4) is 0 Å². The lowest BCUT2D eigenvalue weighted by Gasteiger charge is -2.28. The summed E-state index contributed by atoms with van der Waals surface area (Å²) < 4.78 is 0. The van der Waals surface area contributed by atoms with Crippen LogP contribution >= 0.6 is 0 Å². The number of amides is 1. The smallest absolute Gasteiger partial charge is 0.220 e. The van der Waals surface area contributed by atoms with Crippen LogP contribution in [-0.2, 0) is 4.79 Å². The molecule has 0 spiro atoms. The van der Waals surface area contributed by atoms with Gasteiger partial charge >= 0.3 is 0 Å². The zero-order valence-corrected chi connectivity index (χ0v) is 10.5. The molecule has 2 aliphatic rings. The van der Waals surface area contributed by atoms with Gasteiger partial charge in [0.2, 0.25) is 5.91 Å². The van der Waals surface area contributed by atoms with E-state index in [9.17, 15) is 4.79 Å². The highest BCUT2D eigenvalue weighted by Gasteiger charge is 2.34. The molecular weight excluding hydrogens is 212 g/mol. The van der Waals surface area contributed by atoms with Crippen molar-refractivity contribution < 1.29 is 4.79 Å². The first kappa shape index (κ1) is 12.4. The van der Waals surface area contributed by atoms with E-state index in [4.69, 9.17) is 6.42 Å². The molecule has 1 amide bonds. The monoisotopic (exact) mass is 234 g/mol. The van der Waals surface area contributed by atoms with Gasteiger partial charge in [-0.1, -0.05) is 0 Å². The normalized spacial score (nSPS) is 32.8. The number of terminal acetylenes is 1. The quantitative estimate of drug-likeness (QED) is 0.723. The Morgan fingerprint density at radius 2 is 2.12 bits per heavy atom. The molecule has 2 aliphatic heterocycles. The maximum absolute atomic E-state index is 11.8. The van der Waals surface area contributed by atoms with Gasteiger partial charge in [0.15, 0.2) is 0 Å². The number of rotatable bonds is 4. The predicted octanol–water partition coefficient (Wildman–Crippen LogP) is 1.44. The summed E-state index contributed by atoms with van der Waals surface area (Å²) in [6.07, 6.45) is 11.4. The fourth-order valence-electron chi connectivity index (χ4n) is 3.17. The van der Waals surface area contributed by atoms with E-state index in [1.54, 1.807) is 0 Å². The molecule has 3 heteroatoms. The third-order valence-electron chi connectivity index (χ3n) is 3.88. The van der Waals surface area contributed by atoms with Crippen LogP contribution in [0.4, 0.5) is 0 Å². The summed E-state index contributed by atoms with van der Waals surface area (Å²) in [7, 11) is 0. The van der Waals surface area contributed by atoms with Gasteiger partial charge in [0, 0.05) is 31.0 Å². The van der Waals surface area contributed by atoms with Gasteiger partial charge in [-0.05, 0) is 38.5 Å². The zero-order valence-electron chi connectivity index (χ0n) is 10.5. The molecule has 2 heterocycles. The third kappa shape index (κ3) is 3.47. The Hall–Kier alpha value is -1.01. The molecule has 3 unspecified atom stereocenters. The van der Waals surface area contributed by atoms with E-state index >= 15 is 0 Å². The molecule has 0 aliphatic carbocycles. The van der Waals surface area contributed by atoms with Crippen molar-refractivity contribution in [3.05, 3.63) is 0 Å². The standard InChI is InChI=1S/C14H22N2O/c1-3-4-10(2)15-14(17)9-11-7-12-5-6-13(8-11)16-12/h1,10-13,16H,4-9H2,2H3,(H,15,17). The van der Waals surface area contributed by atoms with Crippen LogP contribution in [-0.4, -0.2) is 24.0 Å². The van der Waals surface area contributed by atoms with Crippen molar-refractivity contribution in [3.63, 3.8) is 0 Å². The Balaban J connectivity index is 1.74. The largest absolute Gasteiger partial charge is 0.353 e. The van der Waals surface area contributed by atoms with E-state index in [-0.39, 0.29) is 11.9 Å². The maximum atomic E-state index is 11.8. The highest BCUT2D eigenvalue weighted by atomic mass is 16.1. The molecule has 2 rings (SSSR count). The first-order valence-corrected chi connectivity index (χ1v) is 6.66. The first-order chi connectivity index (χ1) is 8.17. The van der Waals surface area contributed by atoms with Crippen LogP contribution < -0.4 is 10.6 Å². The minimum Gasteiger partial charge on any atom is -0.353 e. The molecule has 17 heavy (non-hydrogen) atoms. The summed E-state index contributed by atoms with van der Waals surface area (Å²) in [4.78, 5) is 11.8. The molecule has 2 N–H and O–H groups in total. The van der Waals surface area contributed by atoms with Crippen LogP contribution in [0, 0.1) is 18.3 Å². The lowest BCUT2D eigenvalue weighted by molar-refractivity contribution is -0.122. The summed E-state index contributed by atoms with van der Waals surface area (Å²) >= 11 is 0. The minimum absolute atomic E-state index is 0.103. The third-order valence-corrected chi connectivity index (χ3v) is 3.88. The summed E-state index contributed by atoms with van der Waals surface area (Å²) in [6, 6.07) is 1.43. The molecule has 2 saturated heterocycles. The highest BCUT2D eigenvalue weighted by molar-refractivity contribution is 5.76. The molecule has 0 aromatic carbocycles. The number of fused-ring (bicyclic) bond motifs is 2. The second-order valence-corrected chi connectivity index (χ2v) is 5.56. The Morgan fingerprint density at radius 1 is 1.47 bits per heavy atom. The zero-order chi connectivity index (χ0) is 12.3. The SMILES string of the molecule is C#CCC(C)NC(=O)CC1CC2CCC(C1)N2. The predicted molar refractivity (Wildman–Crippen MR) is 68.3 cm³/mol. The Morgan fingerprint density at radius 3 is 2.71 bits per heavy atom. The van der Waals surface area contributed by atoms with E-state index in [2.05, 4.69) is 16.6 Å². The molecule has 94 valence electrons. The van der Waals surface area contributed by atoms with Crippen molar-refractivity contribution in [2.45, 2.75) is 63.6 Å². The van der Waals surface area contributed by atoms with E-state index in [1.807, 2.05) is 6.92 Å². The maximum Gasteiger partial charge on any atom is 0.220 e. The van der Waals surface area contributed by atoms with Crippen LogP contribution in [0.25, 0.3) is 0 Å². The van der Waals surface area contributed by atoms with Crippen molar-refractivity contribution in [1.82, 2.24) is 10.6 Å². The number of piperidine rings is 1. The molecule has 0 saturated carbocycles. The number of hydrogen-bond acceptors (Lipinski definition) is 2. The fourth-order valence-corrected chi connectivity index (χ4v) is 3.17. The fraction of sp³-hybridized carbons (Fsp3) is 0.786. The molecule has 3 nitrogen and oxygen atoms in total. The summed E-state index contributed by atoms with van der Waals surface area (Å²) in [5.74, 6) is 3.30. The van der Waals surface area contributed by atoms with Crippen LogP contribution in [0.1, 0.15) is 45.4 Å². The molecule has 0 aromatic rings. The van der Waals surface area contributed by atoms with Gasteiger partial charge in [-0.2, -0.15) is 0 Å². The molecule has 0 radical (unpaired) electrons. The first-order valence-electron chi connectivity index (χ1n) is 6.66. The molecule has 3 atom stereocenters. The lowest BCUT2D eigenvalue weighted by atomic mass is 9.89. The lowest BCUT2D eigenvalue weighted by Crippen LogP contribution is -2.40. The number of hydrogen-bond donors (Lipinski definition) is 2. The molecule has 2 fully saturated rings. The van der Waals surface area contributed by atoms with Gasteiger partial charge in [-0.3, -0.25) is 4.79 Å². The van der Waals surface area contributed by atoms with Crippen LogP contribution in [0.2, 0.25) is 0 Å². The Kier molecular flexibility index (Phi) is 4.06. The molecular formula is C14H22N2O. The van der Waals surface area contributed by atoms with Crippen molar-refractivity contribution in [1.29, 1.82) is 0 Å². The van der Waals surface area contributed by atoms with E-state index in [0.717, 1.165) is 12.8 Å². The van der Waals surface area contributed by atoms with Crippen molar-refractivity contribution in [2.75, 3.05) is 0 Å². The van der Waals surface area contributed by atoms with Gasteiger partial charge in [0.1, 0.15) is 0 Å². The summed E-state index contributed by atoms with van der Waals surface area (Å²) in [5.41, 5.74) is 0. The van der Waals surface area contributed by atoms with Crippen LogP contribution in [0.15, 0.2) is 0 Å². The van der Waals surface area contributed by atoms with Gasteiger partial charge < -0.3 is 10.6 Å². The number of carbonyl (C=O) groups is 1. The number of nitrogens with one attached hydrogen (secondary N) is 2. The van der Waals surface area contributed by atoms with E-state index < -0.39 is 0 Å². The number of carbonyl (C=O) groups excluding carboxylic acids is 1. The van der Waals surface area contributed by atoms with Crippen molar-refractivity contribution in [2.24, 2.45) is 5.92 Å². The topological polar surface area (TPSA) is 41.1 Å². The average Bonchev–Trinajstić information content (AvgIpc) is 2.58. The molecule has 2 bridgehead atoms. The van der Waals surface area contributed by atoms with Gasteiger partial charge in [-0.25, -0.2) is 0 Å².